The molecule has 0 radical (unpaired) electrons. The Morgan fingerprint density at radius 3 is 2.27 bits per heavy atom. The van der Waals surface area contributed by atoms with Crippen LogP contribution in [0.15, 0.2) is 59.1 Å². The maximum Gasteiger partial charge on any atom is 0.408 e. The predicted molar refractivity (Wildman–Crippen MR) is 112 cm³/mol. The highest BCUT2D eigenvalue weighted by Gasteiger charge is 2.23. The molecule has 9 nitrogen and oxygen atoms in total. The first-order valence-electron chi connectivity index (χ1n) is 8.96. The summed E-state index contributed by atoms with van der Waals surface area (Å²) in [6, 6.07) is 14.3. The molecule has 0 aliphatic heterocycles. The number of amides is 4. The lowest BCUT2D eigenvalue weighted by atomic mass is 10.1. The molecule has 0 aromatic heterocycles. The van der Waals surface area contributed by atoms with Crippen LogP contribution in [0, 0.1) is 0 Å². The van der Waals surface area contributed by atoms with Crippen LogP contribution in [0.3, 0.4) is 0 Å². The lowest BCUT2D eigenvalue weighted by Crippen LogP contribution is -2.52. The Morgan fingerprint density at radius 2 is 1.63 bits per heavy atom. The summed E-state index contributed by atoms with van der Waals surface area (Å²) < 4.78 is 5.88. The third-order valence-electron chi connectivity index (χ3n) is 3.91. The number of carbonyl (C=O) groups is 4. The lowest BCUT2D eigenvalue weighted by Gasteiger charge is -2.18. The summed E-state index contributed by atoms with van der Waals surface area (Å²) in [5.74, 6) is -1.90. The fourth-order valence-electron chi connectivity index (χ4n) is 2.34. The highest BCUT2D eigenvalue weighted by atomic mass is 79.9. The normalized spacial score (nSPS) is 11.1. The molecular weight excluding hydrogens is 456 g/mol. The second-order valence-corrected chi connectivity index (χ2v) is 7.13. The minimum Gasteiger partial charge on any atom is -0.445 e. The summed E-state index contributed by atoms with van der Waals surface area (Å²) in [6.45, 7) is 0.0110. The van der Waals surface area contributed by atoms with E-state index in [0.29, 0.717) is 5.56 Å². The minimum atomic E-state index is -1.13. The zero-order chi connectivity index (χ0) is 21.9. The molecule has 0 bridgehead atoms. The first-order valence-corrected chi connectivity index (χ1v) is 9.75. The number of nitrogens with two attached hydrogens (primary N) is 1. The Morgan fingerprint density at radius 1 is 0.967 bits per heavy atom. The van der Waals surface area contributed by atoms with E-state index in [1.807, 2.05) is 6.07 Å². The van der Waals surface area contributed by atoms with Crippen LogP contribution < -0.4 is 21.9 Å². The van der Waals surface area contributed by atoms with Crippen molar-refractivity contribution < 1.29 is 23.9 Å². The van der Waals surface area contributed by atoms with Gasteiger partial charge in [-0.05, 0) is 36.2 Å². The molecule has 0 saturated carbocycles. The molecule has 4 amide bonds. The second kappa shape index (κ2) is 11.6. The first-order chi connectivity index (χ1) is 14.3. The lowest BCUT2D eigenvalue weighted by molar-refractivity contribution is -0.124. The number of ether oxygens (including phenoxy) is 1. The van der Waals surface area contributed by atoms with Gasteiger partial charge in [0.05, 0.1) is 0 Å². The van der Waals surface area contributed by atoms with Crippen molar-refractivity contribution in [1.29, 1.82) is 0 Å². The Bertz CT molecular complexity index is 890. The van der Waals surface area contributed by atoms with E-state index < -0.39 is 29.9 Å². The van der Waals surface area contributed by atoms with Gasteiger partial charge >= 0.3 is 6.09 Å². The van der Waals surface area contributed by atoms with Crippen molar-refractivity contribution in [3.63, 3.8) is 0 Å². The number of hydrogen-bond donors (Lipinski definition) is 4. The fraction of sp³-hybridized carbons (Fsp3) is 0.200. The van der Waals surface area contributed by atoms with E-state index in [1.165, 1.54) is 0 Å². The molecule has 30 heavy (non-hydrogen) atoms. The molecule has 0 aliphatic carbocycles. The first kappa shape index (κ1) is 22.9. The van der Waals surface area contributed by atoms with Crippen LogP contribution in [-0.2, 0) is 20.9 Å². The molecule has 1 atom stereocenters. The molecule has 10 heteroatoms. The van der Waals surface area contributed by atoms with Gasteiger partial charge in [-0.25, -0.2) is 4.79 Å². The van der Waals surface area contributed by atoms with Gasteiger partial charge in [0, 0.05) is 16.5 Å². The smallest absolute Gasteiger partial charge is 0.408 e. The van der Waals surface area contributed by atoms with Crippen LogP contribution in [0.2, 0.25) is 0 Å². The number of benzene rings is 2. The van der Waals surface area contributed by atoms with Gasteiger partial charge in [0.15, 0.2) is 0 Å². The van der Waals surface area contributed by atoms with Crippen LogP contribution in [0.5, 0.6) is 0 Å². The Hall–Kier alpha value is -3.40. The highest BCUT2D eigenvalue weighted by molar-refractivity contribution is 9.10. The minimum absolute atomic E-state index is 0.0110. The molecule has 0 saturated heterocycles. The van der Waals surface area contributed by atoms with E-state index in [-0.39, 0.29) is 19.4 Å². The SMILES string of the molecule is NC(=O)CC[C@H](NC(=O)OCc1ccccc1)C(=O)NNC(=O)c1ccc(Br)cc1. The summed E-state index contributed by atoms with van der Waals surface area (Å²) in [6.07, 6.45) is -1.05. The summed E-state index contributed by atoms with van der Waals surface area (Å²) in [5.41, 5.74) is 10.7. The van der Waals surface area contributed by atoms with Crippen molar-refractivity contribution in [3.05, 3.63) is 70.2 Å². The Labute approximate surface area is 181 Å². The van der Waals surface area contributed by atoms with Crippen molar-refractivity contribution >= 4 is 39.7 Å². The summed E-state index contributed by atoms with van der Waals surface area (Å²) >= 11 is 3.26. The molecule has 0 fully saturated rings. The number of primary amides is 1. The number of carbonyl (C=O) groups excluding carboxylic acids is 4. The molecule has 2 aromatic rings. The molecule has 158 valence electrons. The van der Waals surface area contributed by atoms with Crippen LogP contribution in [0.1, 0.15) is 28.8 Å². The average molecular weight is 477 g/mol. The predicted octanol–water partition coefficient (Wildman–Crippen LogP) is 1.77. The third kappa shape index (κ3) is 7.92. The van der Waals surface area contributed by atoms with Gasteiger partial charge in [-0.1, -0.05) is 46.3 Å². The second-order valence-electron chi connectivity index (χ2n) is 6.21. The van der Waals surface area contributed by atoms with Crippen molar-refractivity contribution in [2.24, 2.45) is 5.73 Å². The van der Waals surface area contributed by atoms with Gasteiger partial charge in [-0.3, -0.25) is 25.2 Å². The van der Waals surface area contributed by atoms with Crippen molar-refractivity contribution in [3.8, 4) is 0 Å². The molecule has 0 aliphatic rings. The molecular formula is C20H21BrN4O5. The van der Waals surface area contributed by atoms with E-state index in [4.69, 9.17) is 10.5 Å². The zero-order valence-electron chi connectivity index (χ0n) is 15.9. The van der Waals surface area contributed by atoms with Crippen LogP contribution in [0.25, 0.3) is 0 Å². The summed E-state index contributed by atoms with van der Waals surface area (Å²) in [7, 11) is 0. The van der Waals surface area contributed by atoms with Gasteiger partial charge in [0.25, 0.3) is 11.8 Å². The number of alkyl carbamates (subject to hydrolysis) is 1. The van der Waals surface area contributed by atoms with Gasteiger partial charge in [-0.15, -0.1) is 0 Å². The van der Waals surface area contributed by atoms with Crippen LogP contribution >= 0.6 is 15.9 Å². The van der Waals surface area contributed by atoms with Crippen molar-refractivity contribution in [1.82, 2.24) is 16.2 Å². The average Bonchev–Trinajstić information content (AvgIpc) is 2.74. The van der Waals surface area contributed by atoms with Gasteiger partial charge in [-0.2, -0.15) is 0 Å². The molecule has 2 rings (SSSR count). The number of halogens is 1. The summed E-state index contributed by atoms with van der Waals surface area (Å²) in [4.78, 5) is 47.6. The number of hydrazine groups is 1. The van der Waals surface area contributed by atoms with E-state index in [9.17, 15) is 19.2 Å². The topological polar surface area (TPSA) is 140 Å². The van der Waals surface area contributed by atoms with Gasteiger partial charge in [0.2, 0.25) is 5.91 Å². The molecule has 2 aromatic carbocycles. The van der Waals surface area contributed by atoms with E-state index in [1.54, 1.807) is 48.5 Å². The number of nitrogens with one attached hydrogen (secondary N) is 3. The molecule has 0 unspecified atom stereocenters. The van der Waals surface area contributed by atoms with Gasteiger partial charge in [0.1, 0.15) is 12.6 Å². The molecule has 0 spiro atoms. The van der Waals surface area contributed by atoms with Crippen molar-refractivity contribution in [2.75, 3.05) is 0 Å². The number of hydrogen-bond acceptors (Lipinski definition) is 5. The Kier molecular flexibility index (Phi) is 8.82. The molecule has 0 heterocycles. The maximum atomic E-state index is 12.4. The third-order valence-corrected chi connectivity index (χ3v) is 4.44. The van der Waals surface area contributed by atoms with Crippen molar-refractivity contribution in [2.45, 2.75) is 25.5 Å². The fourth-order valence-corrected chi connectivity index (χ4v) is 2.61. The van der Waals surface area contributed by atoms with E-state index >= 15 is 0 Å². The molecule has 5 N–H and O–H groups in total. The van der Waals surface area contributed by atoms with Crippen LogP contribution in [-0.4, -0.2) is 29.9 Å². The zero-order valence-corrected chi connectivity index (χ0v) is 17.5. The maximum absolute atomic E-state index is 12.4. The summed E-state index contributed by atoms with van der Waals surface area (Å²) in [5, 5.41) is 2.37. The van der Waals surface area contributed by atoms with Gasteiger partial charge < -0.3 is 15.8 Å². The monoisotopic (exact) mass is 476 g/mol. The largest absolute Gasteiger partial charge is 0.445 e. The van der Waals surface area contributed by atoms with E-state index in [2.05, 4.69) is 32.1 Å². The standard InChI is InChI=1S/C20H21BrN4O5/c21-15-8-6-14(7-9-15)18(27)24-25-19(28)16(10-11-17(22)26)23-20(29)30-12-13-4-2-1-3-5-13/h1-9,16H,10-12H2,(H2,22,26)(H,23,29)(H,24,27)(H,25,28)/t16-/m0/s1. The van der Waals surface area contributed by atoms with Crippen LogP contribution in [0.4, 0.5) is 4.79 Å². The Balaban J connectivity index is 1.90. The number of rotatable bonds is 8. The highest BCUT2D eigenvalue weighted by Crippen LogP contribution is 2.10. The van der Waals surface area contributed by atoms with E-state index in [0.717, 1.165) is 10.0 Å². The quantitative estimate of drug-likeness (QED) is 0.429.